The minimum absolute atomic E-state index is 0.406. The molecule has 1 aromatic heterocycles. The molecule has 0 unspecified atom stereocenters. The van der Waals surface area contributed by atoms with Gasteiger partial charge in [-0.1, -0.05) is 5.21 Å². The van der Waals surface area contributed by atoms with Crippen molar-refractivity contribution in [1.82, 2.24) is 19.9 Å². The Hall–Kier alpha value is -0.900. The summed E-state index contributed by atoms with van der Waals surface area (Å²) in [5, 5.41) is 8.38. The van der Waals surface area contributed by atoms with Crippen molar-refractivity contribution >= 4 is 0 Å². The fourth-order valence-electron chi connectivity index (χ4n) is 1.98. The van der Waals surface area contributed by atoms with Gasteiger partial charge in [0.25, 0.3) is 0 Å². The first kappa shape index (κ1) is 9.65. The van der Waals surface area contributed by atoms with Crippen LogP contribution in [-0.4, -0.2) is 33.5 Å². The SMILES string of the molecule is CC(C)n1cc([C@H]2CCCN2C)nn1. The highest BCUT2D eigenvalue weighted by Gasteiger charge is 2.25. The summed E-state index contributed by atoms with van der Waals surface area (Å²) in [5.41, 5.74) is 1.12. The lowest BCUT2D eigenvalue weighted by atomic mass is 10.2. The second-order valence-electron chi connectivity index (χ2n) is 4.36. The molecule has 0 amide bonds. The highest BCUT2D eigenvalue weighted by molar-refractivity contribution is 5.03. The number of likely N-dealkylation sites (tertiary alicyclic amines) is 1. The molecule has 2 rings (SSSR count). The molecule has 0 bridgehead atoms. The van der Waals surface area contributed by atoms with Crippen molar-refractivity contribution in [3.63, 3.8) is 0 Å². The van der Waals surface area contributed by atoms with Crippen LogP contribution in [0.5, 0.6) is 0 Å². The molecule has 4 heteroatoms. The lowest BCUT2D eigenvalue weighted by Gasteiger charge is -2.15. The van der Waals surface area contributed by atoms with E-state index in [-0.39, 0.29) is 0 Å². The minimum atomic E-state index is 0.406. The first-order chi connectivity index (χ1) is 6.68. The van der Waals surface area contributed by atoms with Crippen molar-refractivity contribution in [3.8, 4) is 0 Å². The maximum Gasteiger partial charge on any atom is 0.0998 e. The van der Waals surface area contributed by atoms with Crippen LogP contribution in [0.4, 0.5) is 0 Å². The zero-order valence-electron chi connectivity index (χ0n) is 9.14. The van der Waals surface area contributed by atoms with E-state index < -0.39 is 0 Å². The summed E-state index contributed by atoms with van der Waals surface area (Å²) in [6.45, 7) is 5.42. The summed E-state index contributed by atoms with van der Waals surface area (Å²) in [6, 6.07) is 0.894. The Bertz CT molecular complexity index is 305. The lowest BCUT2D eigenvalue weighted by Crippen LogP contribution is -2.17. The molecule has 78 valence electrons. The van der Waals surface area contributed by atoms with Gasteiger partial charge in [0.1, 0.15) is 0 Å². The molecule has 1 fully saturated rings. The van der Waals surface area contributed by atoms with Crippen LogP contribution in [0.3, 0.4) is 0 Å². The summed E-state index contributed by atoms with van der Waals surface area (Å²) < 4.78 is 1.93. The average Bonchev–Trinajstić information content (AvgIpc) is 2.71. The smallest absolute Gasteiger partial charge is 0.0998 e. The number of hydrogen-bond acceptors (Lipinski definition) is 3. The number of aromatic nitrogens is 3. The average molecular weight is 194 g/mol. The molecule has 4 nitrogen and oxygen atoms in total. The fraction of sp³-hybridized carbons (Fsp3) is 0.800. The summed E-state index contributed by atoms with van der Waals surface area (Å²) in [5.74, 6) is 0. The monoisotopic (exact) mass is 194 g/mol. The van der Waals surface area contributed by atoms with Gasteiger partial charge >= 0.3 is 0 Å². The predicted octanol–water partition coefficient (Wildman–Crippen LogP) is 1.63. The topological polar surface area (TPSA) is 34.0 Å². The van der Waals surface area contributed by atoms with Crippen molar-refractivity contribution in [2.24, 2.45) is 0 Å². The van der Waals surface area contributed by atoms with Crippen molar-refractivity contribution in [2.45, 2.75) is 38.8 Å². The molecule has 14 heavy (non-hydrogen) atoms. The van der Waals surface area contributed by atoms with E-state index in [4.69, 9.17) is 0 Å². The van der Waals surface area contributed by atoms with Crippen LogP contribution in [-0.2, 0) is 0 Å². The Kier molecular flexibility index (Phi) is 2.54. The van der Waals surface area contributed by atoms with E-state index >= 15 is 0 Å². The third-order valence-electron chi connectivity index (χ3n) is 2.92. The Balaban J connectivity index is 2.16. The van der Waals surface area contributed by atoms with Gasteiger partial charge in [0.15, 0.2) is 0 Å². The highest BCUT2D eigenvalue weighted by atomic mass is 15.4. The predicted molar refractivity (Wildman–Crippen MR) is 55.0 cm³/mol. The van der Waals surface area contributed by atoms with Gasteiger partial charge in [-0.25, -0.2) is 4.68 Å². The standard InChI is InChI=1S/C10H18N4/c1-8(2)14-7-9(11-12-14)10-5-4-6-13(10)3/h7-8,10H,4-6H2,1-3H3/t10-/m1/s1. The van der Waals surface area contributed by atoms with E-state index in [0.29, 0.717) is 12.1 Å². The second kappa shape index (κ2) is 3.69. The van der Waals surface area contributed by atoms with Gasteiger partial charge in [-0.15, -0.1) is 5.10 Å². The van der Waals surface area contributed by atoms with Crippen LogP contribution in [0.25, 0.3) is 0 Å². The normalized spacial score (nSPS) is 23.6. The molecule has 0 radical (unpaired) electrons. The molecule has 2 heterocycles. The van der Waals surface area contributed by atoms with Crippen LogP contribution in [0, 0.1) is 0 Å². The minimum Gasteiger partial charge on any atom is -0.298 e. The quantitative estimate of drug-likeness (QED) is 0.717. The van der Waals surface area contributed by atoms with Gasteiger partial charge in [-0.3, -0.25) is 4.90 Å². The molecule has 0 aliphatic carbocycles. The van der Waals surface area contributed by atoms with Crippen LogP contribution in [0.2, 0.25) is 0 Å². The van der Waals surface area contributed by atoms with Gasteiger partial charge in [-0.05, 0) is 40.3 Å². The van der Waals surface area contributed by atoms with Crippen molar-refractivity contribution < 1.29 is 0 Å². The Labute approximate surface area is 84.9 Å². The third-order valence-corrected chi connectivity index (χ3v) is 2.92. The van der Waals surface area contributed by atoms with Crippen molar-refractivity contribution in [3.05, 3.63) is 11.9 Å². The summed E-state index contributed by atoms with van der Waals surface area (Å²) in [6.07, 6.45) is 4.57. The maximum absolute atomic E-state index is 4.24. The Morgan fingerprint density at radius 1 is 1.50 bits per heavy atom. The fourth-order valence-corrected chi connectivity index (χ4v) is 1.98. The molecular weight excluding hydrogens is 176 g/mol. The van der Waals surface area contributed by atoms with E-state index in [0.717, 1.165) is 5.69 Å². The first-order valence-corrected chi connectivity index (χ1v) is 5.30. The van der Waals surface area contributed by atoms with Gasteiger partial charge in [-0.2, -0.15) is 0 Å². The number of nitrogens with zero attached hydrogens (tertiary/aromatic N) is 4. The highest BCUT2D eigenvalue weighted by Crippen LogP contribution is 2.28. The number of hydrogen-bond donors (Lipinski definition) is 0. The zero-order chi connectivity index (χ0) is 10.1. The van der Waals surface area contributed by atoms with E-state index in [1.54, 1.807) is 0 Å². The largest absolute Gasteiger partial charge is 0.298 e. The maximum atomic E-state index is 4.24. The van der Waals surface area contributed by atoms with E-state index in [1.807, 2.05) is 4.68 Å². The summed E-state index contributed by atoms with van der Waals surface area (Å²) in [7, 11) is 2.16. The molecule has 0 aromatic carbocycles. The molecule has 1 aromatic rings. The summed E-state index contributed by atoms with van der Waals surface area (Å²) in [4.78, 5) is 2.36. The molecule has 1 atom stereocenters. The van der Waals surface area contributed by atoms with Crippen LogP contribution >= 0.6 is 0 Å². The molecule has 1 aliphatic rings. The first-order valence-electron chi connectivity index (χ1n) is 5.30. The Morgan fingerprint density at radius 2 is 2.29 bits per heavy atom. The van der Waals surface area contributed by atoms with Crippen LogP contribution in [0.15, 0.2) is 6.20 Å². The Morgan fingerprint density at radius 3 is 2.79 bits per heavy atom. The molecular formula is C10H18N4. The van der Waals surface area contributed by atoms with Crippen molar-refractivity contribution in [2.75, 3.05) is 13.6 Å². The van der Waals surface area contributed by atoms with Gasteiger partial charge in [0.2, 0.25) is 0 Å². The van der Waals surface area contributed by atoms with Crippen molar-refractivity contribution in [1.29, 1.82) is 0 Å². The van der Waals surface area contributed by atoms with Crippen LogP contribution < -0.4 is 0 Å². The van der Waals surface area contributed by atoms with Gasteiger partial charge < -0.3 is 0 Å². The molecule has 0 N–H and O–H groups in total. The zero-order valence-corrected chi connectivity index (χ0v) is 9.14. The summed E-state index contributed by atoms with van der Waals surface area (Å²) >= 11 is 0. The number of rotatable bonds is 2. The van der Waals surface area contributed by atoms with E-state index in [1.165, 1.54) is 19.4 Å². The van der Waals surface area contributed by atoms with E-state index in [9.17, 15) is 0 Å². The second-order valence-corrected chi connectivity index (χ2v) is 4.36. The van der Waals surface area contributed by atoms with Crippen LogP contribution in [0.1, 0.15) is 44.5 Å². The molecule has 1 saturated heterocycles. The van der Waals surface area contributed by atoms with E-state index in [2.05, 4.69) is 42.3 Å². The molecule has 0 spiro atoms. The molecule has 1 aliphatic heterocycles. The third kappa shape index (κ3) is 1.66. The lowest BCUT2D eigenvalue weighted by molar-refractivity contribution is 0.311. The van der Waals surface area contributed by atoms with Gasteiger partial charge in [0.05, 0.1) is 17.9 Å². The molecule has 0 saturated carbocycles. The van der Waals surface area contributed by atoms with Gasteiger partial charge in [0, 0.05) is 6.04 Å².